The van der Waals surface area contributed by atoms with E-state index in [9.17, 15) is 9.59 Å². The van der Waals surface area contributed by atoms with Gasteiger partial charge in [0, 0.05) is 16.8 Å². The Morgan fingerprint density at radius 3 is 2.50 bits per heavy atom. The molecule has 3 aromatic rings. The van der Waals surface area contributed by atoms with Gasteiger partial charge in [0.1, 0.15) is 16.9 Å². The van der Waals surface area contributed by atoms with Crippen molar-refractivity contribution in [3.05, 3.63) is 46.0 Å². The predicted molar refractivity (Wildman–Crippen MR) is 67.0 cm³/mol. The summed E-state index contributed by atoms with van der Waals surface area (Å²) >= 11 is 0. The molecule has 4 nitrogen and oxygen atoms in total. The Hall–Kier alpha value is -2.36. The van der Waals surface area contributed by atoms with Gasteiger partial charge in [0.15, 0.2) is 11.4 Å². The van der Waals surface area contributed by atoms with Crippen molar-refractivity contribution in [2.24, 2.45) is 0 Å². The monoisotopic (exact) mass is 242 g/mol. The largest absolute Gasteiger partial charge is 0.460 e. The first-order valence-corrected chi connectivity index (χ1v) is 5.54. The van der Waals surface area contributed by atoms with E-state index in [4.69, 9.17) is 8.83 Å². The molecule has 0 atom stereocenters. The standard InChI is InChI=1S/C14H10O4/c1-7-5-10-6-9-3-4-11(16)18-13(9)12(8(2)15)14(10)17-7/h3-6H,1-2H3. The highest BCUT2D eigenvalue weighted by Crippen LogP contribution is 2.30. The molecule has 0 radical (unpaired) electrons. The minimum atomic E-state index is -0.479. The molecule has 0 bridgehead atoms. The van der Waals surface area contributed by atoms with Gasteiger partial charge in [-0.1, -0.05) is 0 Å². The van der Waals surface area contributed by atoms with Crippen LogP contribution in [-0.2, 0) is 0 Å². The minimum Gasteiger partial charge on any atom is -0.460 e. The highest BCUT2D eigenvalue weighted by Gasteiger charge is 2.17. The van der Waals surface area contributed by atoms with Crippen LogP contribution >= 0.6 is 0 Å². The number of carbonyl (C=O) groups is 1. The molecule has 0 N–H and O–H groups in total. The van der Waals surface area contributed by atoms with Crippen LogP contribution in [0, 0.1) is 6.92 Å². The smallest absolute Gasteiger partial charge is 0.336 e. The van der Waals surface area contributed by atoms with E-state index in [1.165, 1.54) is 13.0 Å². The Kier molecular flexibility index (Phi) is 2.13. The molecule has 2 aromatic heterocycles. The summed E-state index contributed by atoms with van der Waals surface area (Å²) in [6.07, 6.45) is 0. The highest BCUT2D eigenvalue weighted by atomic mass is 16.4. The maximum absolute atomic E-state index is 11.8. The number of benzene rings is 1. The maximum Gasteiger partial charge on any atom is 0.336 e. The fourth-order valence-corrected chi connectivity index (χ4v) is 2.16. The first-order valence-electron chi connectivity index (χ1n) is 5.54. The van der Waals surface area contributed by atoms with E-state index in [1.54, 1.807) is 6.07 Å². The van der Waals surface area contributed by atoms with Gasteiger partial charge >= 0.3 is 5.63 Å². The number of ketones is 1. The van der Waals surface area contributed by atoms with E-state index in [0.717, 1.165) is 5.39 Å². The number of hydrogen-bond acceptors (Lipinski definition) is 4. The van der Waals surface area contributed by atoms with Gasteiger partial charge in [-0.25, -0.2) is 4.79 Å². The Morgan fingerprint density at radius 2 is 1.78 bits per heavy atom. The average Bonchev–Trinajstić information content (AvgIpc) is 2.65. The van der Waals surface area contributed by atoms with Crippen LogP contribution in [-0.4, -0.2) is 5.78 Å². The van der Waals surface area contributed by atoms with Gasteiger partial charge in [0.2, 0.25) is 0 Å². The summed E-state index contributed by atoms with van der Waals surface area (Å²) in [7, 11) is 0. The number of Topliss-reactive ketones (excluding diaryl/α,β-unsaturated/α-hetero) is 1. The molecule has 0 aliphatic rings. The first-order chi connectivity index (χ1) is 8.56. The number of fused-ring (bicyclic) bond motifs is 2. The summed E-state index contributed by atoms with van der Waals surface area (Å²) in [5.74, 6) is 0.527. The SMILES string of the molecule is CC(=O)c1c2oc(C)cc2cc2ccc(=O)oc12. The number of rotatable bonds is 1. The topological polar surface area (TPSA) is 60.4 Å². The van der Waals surface area contributed by atoms with Crippen LogP contribution < -0.4 is 5.63 Å². The molecule has 0 aliphatic carbocycles. The third kappa shape index (κ3) is 1.46. The molecule has 0 saturated carbocycles. The van der Waals surface area contributed by atoms with Crippen LogP contribution in [0.15, 0.2) is 37.9 Å². The van der Waals surface area contributed by atoms with Crippen molar-refractivity contribution >= 4 is 27.7 Å². The van der Waals surface area contributed by atoms with Crippen molar-refractivity contribution in [1.29, 1.82) is 0 Å². The number of furan rings is 1. The van der Waals surface area contributed by atoms with Crippen LogP contribution in [0.1, 0.15) is 23.0 Å². The Labute approximate surface area is 102 Å². The van der Waals surface area contributed by atoms with Gasteiger partial charge in [-0.3, -0.25) is 4.79 Å². The van der Waals surface area contributed by atoms with Crippen molar-refractivity contribution < 1.29 is 13.6 Å². The third-order valence-corrected chi connectivity index (χ3v) is 2.87. The predicted octanol–water partition coefficient (Wildman–Crippen LogP) is 3.05. The number of carbonyl (C=O) groups excluding carboxylic acids is 1. The maximum atomic E-state index is 11.8. The van der Waals surface area contributed by atoms with Crippen molar-refractivity contribution in [1.82, 2.24) is 0 Å². The molecule has 0 fully saturated rings. The molecule has 18 heavy (non-hydrogen) atoms. The van der Waals surface area contributed by atoms with Gasteiger partial charge in [-0.15, -0.1) is 0 Å². The Bertz CT molecular complexity index is 836. The zero-order chi connectivity index (χ0) is 12.9. The van der Waals surface area contributed by atoms with Crippen LogP contribution in [0.3, 0.4) is 0 Å². The van der Waals surface area contributed by atoms with Crippen LogP contribution in [0.5, 0.6) is 0 Å². The highest BCUT2D eigenvalue weighted by molar-refractivity contribution is 6.14. The van der Waals surface area contributed by atoms with E-state index >= 15 is 0 Å². The van der Waals surface area contributed by atoms with E-state index < -0.39 is 5.63 Å². The average molecular weight is 242 g/mol. The van der Waals surface area contributed by atoms with Crippen molar-refractivity contribution in [2.45, 2.75) is 13.8 Å². The summed E-state index contributed by atoms with van der Waals surface area (Å²) in [6, 6.07) is 6.68. The lowest BCUT2D eigenvalue weighted by molar-refractivity contribution is 0.101. The zero-order valence-corrected chi connectivity index (χ0v) is 9.94. The summed E-state index contributed by atoms with van der Waals surface area (Å²) < 4.78 is 10.7. The summed E-state index contributed by atoms with van der Waals surface area (Å²) in [6.45, 7) is 3.24. The molecular formula is C14H10O4. The summed E-state index contributed by atoms with van der Waals surface area (Å²) in [5, 5.41) is 1.55. The van der Waals surface area contributed by atoms with Gasteiger partial charge in [-0.2, -0.15) is 0 Å². The second-order valence-corrected chi connectivity index (χ2v) is 4.26. The zero-order valence-electron chi connectivity index (χ0n) is 9.94. The molecule has 0 aliphatic heterocycles. The van der Waals surface area contributed by atoms with Crippen molar-refractivity contribution in [3.63, 3.8) is 0 Å². The second kappa shape index (κ2) is 3.57. The lowest BCUT2D eigenvalue weighted by Crippen LogP contribution is -2.00. The van der Waals surface area contributed by atoms with Crippen molar-refractivity contribution in [2.75, 3.05) is 0 Å². The fourth-order valence-electron chi connectivity index (χ4n) is 2.16. The number of aryl methyl sites for hydroxylation is 1. The third-order valence-electron chi connectivity index (χ3n) is 2.87. The van der Waals surface area contributed by atoms with Crippen LogP contribution in [0.2, 0.25) is 0 Å². The number of hydrogen-bond donors (Lipinski definition) is 0. The van der Waals surface area contributed by atoms with E-state index in [2.05, 4.69) is 0 Å². The molecule has 0 saturated heterocycles. The van der Waals surface area contributed by atoms with Crippen LogP contribution in [0.4, 0.5) is 0 Å². The van der Waals surface area contributed by atoms with Gasteiger partial charge < -0.3 is 8.83 Å². The van der Waals surface area contributed by atoms with E-state index in [0.29, 0.717) is 22.3 Å². The normalized spacial score (nSPS) is 11.2. The molecule has 90 valence electrons. The molecule has 0 amide bonds. The quantitative estimate of drug-likeness (QED) is 0.486. The van der Waals surface area contributed by atoms with Crippen molar-refractivity contribution in [3.8, 4) is 0 Å². The molecule has 4 heteroatoms. The molecule has 3 rings (SSSR count). The minimum absolute atomic E-state index is 0.186. The first kappa shape index (κ1) is 10.8. The lowest BCUT2D eigenvalue weighted by Gasteiger charge is -2.02. The molecule has 0 spiro atoms. The Morgan fingerprint density at radius 1 is 1.06 bits per heavy atom. The Balaban J connectivity index is 2.62. The molecule has 1 aromatic carbocycles. The van der Waals surface area contributed by atoms with Gasteiger partial charge in [0.05, 0.1) is 0 Å². The molecule has 2 heterocycles. The second-order valence-electron chi connectivity index (χ2n) is 4.26. The van der Waals surface area contributed by atoms with E-state index in [1.807, 2.05) is 19.1 Å². The summed E-state index contributed by atoms with van der Waals surface area (Å²) in [4.78, 5) is 23.1. The van der Waals surface area contributed by atoms with Gasteiger partial charge in [0.25, 0.3) is 0 Å². The van der Waals surface area contributed by atoms with Gasteiger partial charge in [-0.05, 0) is 32.0 Å². The van der Waals surface area contributed by atoms with Crippen LogP contribution in [0.25, 0.3) is 21.9 Å². The molecule has 0 unspecified atom stereocenters. The summed E-state index contributed by atoms with van der Waals surface area (Å²) in [5.41, 5.74) is 0.611. The molecular weight excluding hydrogens is 232 g/mol. The fraction of sp³-hybridized carbons (Fsp3) is 0.143. The van der Waals surface area contributed by atoms with E-state index in [-0.39, 0.29) is 11.4 Å². The lowest BCUT2D eigenvalue weighted by atomic mass is 10.0.